The molecule has 39 heavy (non-hydrogen) atoms. The van der Waals surface area contributed by atoms with E-state index in [1.165, 1.54) is 12.1 Å². The molecule has 8 nitrogen and oxygen atoms in total. The van der Waals surface area contributed by atoms with E-state index >= 15 is 0 Å². The Morgan fingerprint density at radius 2 is 1.62 bits per heavy atom. The van der Waals surface area contributed by atoms with Gasteiger partial charge in [-0.15, -0.1) is 0 Å². The highest BCUT2D eigenvalue weighted by molar-refractivity contribution is 7.89. The number of methoxy groups -OCH3 is 1. The summed E-state index contributed by atoms with van der Waals surface area (Å²) in [5.74, 6) is 2.87. The number of sulfonamides is 1. The summed E-state index contributed by atoms with van der Waals surface area (Å²) in [6.45, 7) is 1.21. The fraction of sp³-hybridized carbons (Fsp3) is 0.310. The topological polar surface area (TPSA) is 105 Å². The Balaban J connectivity index is 1.17. The van der Waals surface area contributed by atoms with Crippen molar-refractivity contribution in [3.05, 3.63) is 77.8 Å². The van der Waals surface area contributed by atoms with E-state index in [1.54, 1.807) is 19.2 Å². The van der Waals surface area contributed by atoms with E-state index < -0.39 is 10.0 Å². The molecule has 3 N–H and O–H groups in total. The van der Waals surface area contributed by atoms with Crippen LogP contribution in [0.3, 0.4) is 0 Å². The zero-order valence-electron chi connectivity index (χ0n) is 21.7. The Kier molecular flexibility index (Phi) is 8.50. The van der Waals surface area contributed by atoms with Crippen molar-refractivity contribution in [2.45, 2.75) is 30.6 Å². The van der Waals surface area contributed by atoms with Gasteiger partial charge in [-0.05, 0) is 86.1 Å². The summed E-state index contributed by atoms with van der Waals surface area (Å²) >= 11 is 5.88. The maximum absolute atomic E-state index is 12.6. The van der Waals surface area contributed by atoms with Crippen LogP contribution in [0.15, 0.2) is 77.7 Å². The van der Waals surface area contributed by atoms with Gasteiger partial charge in [0.1, 0.15) is 11.6 Å². The van der Waals surface area contributed by atoms with Crippen LogP contribution in [-0.4, -0.2) is 38.6 Å². The Labute approximate surface area is 234 Å². The van der Waals surface area contributed by atoms with Crippen molar-refractivity contribution in [3.8, 4) is 5.75 Å². The lowest BCUT2D eigenvalue weighted by Crippen LogP contribution is -2.32. The van der Waals surface area contributed by atoms with Crippen LogP contribution in [-0.2, 0) is 10.0 Å². The number of hydrogen-bond acceptors (Lipinski definition) is 7. The van der Waals surface area contributed by atoms with Crippen molar-refractivity contribution in [1.82, 2.24) is 14.7 Å². The first kappa shape index (κ1) is 27.2. The molecule has 10 heteroatoms. The molecular weight excluding hydrogens is 534 g/mol. The minimum absolute atomic E-state index is 0.237. The minimum Gasteiger partial charge on any atom is -0.497 e. The standard InChI is InChI=1S/C29H32ClN5O3S/c1-38-24-6-4-5-23(17-24)33-28-26-7-2-3-8-27(26)34-29(35-28)31-18-20-9-11-21(12-10-20)19-32-39(36,37)25-15-13-22(30)14-16-25/h2-8,13-17,20-21,32H,9-12,18-19H2,1H3,(H2,31,33,34,35). The summed E-state index contributed by atoms with van der Waals surface area (Å²) in [5, 5.41) is 8.31. The number of nitrogens with zero attached hydrogens (tertiary/aromatic N) is 2. The molecule has 4 aromatic rings. The van der Waals surface area contributed by atoms with E-state index in [-0.39, 0.29) is 4.90 Å². The second kappa shape index (κ2) is 12.2. The van der Waals surface area contributed by atoms with Crippen molar-refractivity contribution < 1.29 is 13.2 Å². The number of benzene rings is 3. The quantitative estimate of drug-likeness (QED) is 0.209. The van der Waals surface area contributed by atoms with Gasteiger partial charge < -0.3 is 15.4 Å². The molecule has 1 aromatic heterocycles. The number of nitrogens with one attached hydrogen (secondary N) is 3. The van der Waals surface area contributed by atoms with Gasteiger partial charge in [0, 0.05) is 35.3 Å². The second-order valence-electron chi connectivity index (χ2n) is 9.84. The zero-order chi connectivity index (χ0) is 27.2. The van der Waals surface area contributed by atoms with Crippen molar-refractivity contribution in [1.29, 1.82) is 0 Å². The fourth-order valence-corrected chi connectivity index (χ4v) is 6.13. The molecule has 0 atom stereocenters. The van der Waals surface area contributed by atoms with Gasteiger partial charge in [0.2, 0.25) is 16.0 Å². The number of para-hydroxylation sites is 1. The third-order valence-electron chi connectivity index (χ3n) is 7.14. The normalized spacial score (nSPS) is 17.6. The molecule has 0 unspecified atom stereocenters. The van der Waals surface area contributed by atoms with E-state index in [2.05, 4.69) is 15.4 Å². The molecule has 3 aromatic carbocycles. The largest absolute Gasteiger partial charge is 0.497 e. The molecule has 0 spiro atoms. The first-order valence-electron chi connectivity index (χ1n) is 13.1. The molecule has 1 heterocycles. The molecule has 0 saturated heterocycles. The van der Waals surface area contributed by atoms with Crippen molar-refractivity contribution >= 4 is 50.0 Å². The highest BCUT2D eigenvalue weighted by Gasteiger charge is 2.23. The fourth-order valence-electron chi connectivity index (χ4n) is 4.89. The van der Waals surface area contributed by atoms with E-state index in [0.29, 0.717) is 29.4 Å². The van der Waals surface area contributed by atoms with Crippen molar-refractivity contribution in [2.24, 2.45) is 11.8 Å². The lowest BCUT2D eigenvalue weighted by atomic mass is 9.82. The summed E-state index contributed by atoms with van der Waals surface area (Å²) in [6, 6.07) is 21.9. The average molecular weight is 566 g/mol. The molecule has 1 saturated carbocycles. The van der Waals surface area contributed by atoms with Crippen LogP contribution in [0.1, 0.15) is 25.7 Å². The Morgan fingerprint density at radius 1 is 0.897 bits per heavy atom. The molecule has 1 fully saturated rings. The predicted octanol–water partition coefficient (Wildman–Crippen LogP) is 6.23. The van der Waals surface area contributed by atoms with Gasteiger partial charge in [-0.2, -0.15) is 4.98 Å². The summed E-state index contributed by atoms with van der Waals surface area (Å²) < 4.78 is 33.3. The number of aromatic nitrogens is 2. The predicted molar refractivity (Wildman–Crippen MR) is 156 cm³/mol. The van der Waals surface area contributed by atoms with Gasteiger partial charge in [-0.1, -0.05) is 29.8 Å². The Hall–Kier alpha value is -3.40. The van der Waals surface area contributed by atoms with Crippen LogP contribution in [0, 0.1) is 11.8 Å². The molecule has 0 amide bonds. The monoisotopic (exact) mass is 565 g/mol. The summed E-state index contributed by atoms with van der Waals surface area (Å²) in [7, 11) is -1.89. The molecule has 0 radical (unpaired) electrons. The van der Waals surface area contributed by atoms with Gasteiger partial charge in [-0.3, -0.25) is 0 Å². The number of rotatable bonds is 10. The van der Waals surface area contributed by atoms with E-state index in [9.17, 15) is 8.42 Å². The summed E-state index contributed by atoms with van der Waals surface area (Å²) in [5.41, 5.74) is 1.74. The highest BCUT2D eigenvalue weighted by atomic mass is 35.5. The molecular formula is C29H32ClN5O3S. The lowest BCUT2D eigenvalue weighted by Gasteiger charge is -2.28. The third kappa shape index (κ3) is 6.98. The first-order valence-corrected chi connectivity index (χ1v) is 14.9. The van der Waals surface area contributed by atoms with Gasteiger partial charge >= 0.3 is 0 Å². The van der Waals surface area contributed by atoms with Gasteiger partial charge in [0.25, 0.3) is 0 Å². The second-order valence-corrected chi connectivity index (χ2v) is 12.0. The Bertz CT molecular complexity index is 1520. The minimum atomic E-state index is -3.54. The number of halogens is 1. The number of fused-ring (bicyclic) bond motifs is 1. The van der Waals surface area contributed by atoms with Crippen LogP contribution >= 0.6 is 11.6 Å². The maximum atomic E-state index is 12.6. The first-order chi connectivity index (χ1) is 18.9. The lowest BCUT2D eigenvalue weighted by molar-refractivity contribution is 0.284. The maximum Gasteiger partial charge on any atom is 0.240 e. The third-order valence-corrected chi connectivity index (χ3v) is 8.83. The molecule has 1 aliphatic carbocycles. The molecule has 5 rings (SSSR count). The van der Waals surface area contributed by atoms with Crippen LogP contribution in [0.2, 0.25) is 5.02 Å². The van der Waals surface area contributed by atoms with Crippen LogP contribution < -0.4 is 20.1 Å². The number of hydrogen-bond donors (Lipinski definition) is 3. The highest BCUT2D eigenvalue weighted by Crippen LogP contribution is 2.30. The summed E-state index contributed by atoms with van der Waals surface area (Å²) in [6.07, 6.45) is 3.97. The van der Waals surface area contributed by atoms with Crippen molar-refractivity contribution in [3.63, 3.8) is 0 Å². The summed E-state index contributed by atoms with van der Waals surface area (Å²) in [4.78, 5) is 9.75. The SMILES string of the molecule is COc1cccc(Nc2nc(NCC3CCC(CNS(=O)(=O)c4ccc(Cl)cc4)CC3)nc3ccccc23)c1. The van der Waals surface area contributed by atoms with E-state index in [4.69, 9.17) is 26.3 Å². The van der Waals surface area contributed by atoms with Crippen LogP contribution in [0.5, 0.6) is 5.75 Å². The zero-order valence-corrected chi connectivity index (χ0v) is 23.3. The van der Waals surface area contributed by atoms with Gasteiger partial charge in [0.05, 0.1) is 17.5 Å². The van der Waals surface area contributed by atoms with Crippen molar-refractivity contribution in [2.75, 3.05) is 30.8 Å². The number of ether oxygens (including phenoxy) is 1. The smallest absolute Gasteiger partial charge is 0.240 e. The molecule has 1 aliphatic rings. The number of anilines is 3. The van der Waals surface area contributed by atoms with Crippen LogP contribution in [0.4, 0.5) is 17.5 Å². The van der Waals surface area contributed by atoms with E-state index in [0.717, 1.165) is 60.4 Å². The molecule has 204 valence electrons. The molecule has 0 bridgehead atoms. The van der Waals surface area contributed by atoms with Gasteiger partial charge in [0.15, 0.2) is 0 Å². The van der Waals surface area contributed by atoms with Gasteiger partial charge in [-0.25, -0.2) is 18.1 Å². The average Bonchev–Trinajstić information content (AvgIpc) is 2.96. The Morgan fingerprint density at radius 3 is 2.36 bits per heavy atom. The van der Waals surface area contributed by atoms with Crippen LogP contribution in [0.25, 0.3) is 10.9 Å². The van der Waals surface area contributed by atoms with E-state index in [1.807, 2.05) is 48.5 Å². The molecule has 0 aliphatic heterocycles.